The lowest BCUT2D eigenvalue weighted by Gasteiger charge is -2.39. The normalized spacial score (nSPS) is 30.3. The Morgan fingerprint density at radius 3 is 2.25 bits per heavy atom. The predicted molar refractivity (Wildman–Crippen MR) is 86.2 cm³/mol. The lowest BCUT2D eigenvalue weighted by molar-refractivity contribution is 0.0205. The van der Waals surface area contributed by atoms with Gasteiger partial charge in [-0.3, -0.25) is 0 Å². The molecule has 1 fully saturated rings. The van der Waals surface area contributed by atoms with E-state index in [2.05, 4.69) is 57.8 Å². The molecular formula is C18H29NO. The number of aryl methyl sites for hydroxylation is 2. The number of hydrogen-bond acceptors (Lipinski definition) is 2. The highest BCUT2D eigenvalue weighted by molar-refractivity contribution is 5.50. The fraction of sp³-hybridized carbons (Fsp3) is 0.667. The molecule has 0 aliphatic heterocycles. The van der Waals surface area contributed by atoms with Crippen LogP contribution in [0, 0.1) is 31.6 Å². The Hall–Kier alpha value is -1.02. The van der Waals surface area contributed by atoms with E-state index in [1.54, 1.807) is 0 Å². The third kappa shape index (κ3) is 3.54. The largest absolute Gasteiger partial charge is 0.393 e. The highest BCUT2D eigenvalue weighted by Gasteiger charge is 2.33. The van der Waals surface area contributed by atoms with Crippen LogP contribution in [0.1, 0.15) is 37.8 Å². The van der Waals surface area contributed by atoms with Crippen LogP contribution < -0.4 is 4.90 Å². The Labute approximate surface area is 123 Å². The zero-order valence-electron chi connectivity index (χ0n) is 13.6. The van der Waals surface area contributed by atoms with E-state index in [0.717, 1.165) is 13.0 Å². The Balaban J connectivity index is 2.08. The molecule has 1 aromatic carbocycles. The van der Waals surface area contributed by atoms with Crippen molar-refractivity contribution in [2.45, 2.75) is 46.6 Å². The van der Waals surface area contributed by atoms with Crippen LogP contribution in [0.5, 0.6) is 0 Å². The molecule has 0 radical (unpaired) electrons. The summed E-state index contributed by atoms with van der Waals surface area (Å²) in [4.78, 5) is 2.31. The van der Waals surface area contributed by atoms with Gasteiger partial charge in [-0.15, -0.1) is 0 Å². The first-order valence-electron chi connectivity index (χ1n) is 7.84. The third-order valence-corrected chi connectivity index (χ3v) is 4.78. The number of anilines is 1. The minimum Gasteiger partial charge on any atom is -0.393 e. The minimum absolute atomic E-state index is 0.151. The summed E-state index contributed by atoms with van der Waals surface area (Å²) in [6.07, 6.45) is 2.04. The van der Waals surface area contributed by atoms with E-state index in [-0.39, 0.29) is 6.10 Å². The summed E-state index contributed by atoms with van der Waals surface area (Å²) in [7, 11) is 2.14. The van der Waals surface area contributed by atoms with Crippen LogP contribution in [-0.4, -0.2) is 24.8 Å². The van der Waals surface area contributed by atoms with Crippen LogP contribution in [0.15, 0.2) is 18.2 Å². The zero-order chi connectivity index (χ0) is 14.9. The van der Waals surface area contributed by atoms with Gasteiger partial charge >= 0.3 is 0 Å². The van der Waals surface area contributed by atoms with Gasteiger partial charge in [0.25, 0.3) is 0 Å². The molecule has 0 amide bonds. The SMILES string of the molecule is Cc1cc(C)cc(N(C)CC2C(C)CC(C)CC2O)c1. The fourth-order valence-electron chi connectivity index (χ4n) is 3.77. The Morgan fingerprint density at radius 2 is 1.70 bits per heavy atom. The molecular weight excluding hydrogens is 246 g/mol. The van der Waals surface area contributed by atoms with Crippen molar-refractivity contribution in [1.29, 1.82) is 0 Å². The van der Waals surface area contributed by atoms with E-state index in [0.29, 0.717) is 17.8 Å². The maximum atomic E-state index is 10.4. The Morgan fingerprint density at radius 1 is 1.10 bits per heavy atom. The van der Waals surface area contributed by atoms with Crippen LogP contribution in [-0.2, 0) is 0 Å². The third-order valence-electron chi connectivity index (χ3n) is 4.78. The number of rotatable bonds is 3. The molecule has 0 bridgehead atoms. The maximum absolute atomic E-state index is 10.4. The van der Waals surface area contributed by atoms with Gasteiger partial charge in [0, 0.05) is 25.2 Å². The van der Waals surface area contributed by atoms with Gasteiger partial charge in [-0.2, -0.15) is 0 Å². The second-order valence-electron chi connectivity index (χ2n) is 7.01. The highest BCUT2D eigenvalue weighted by Crippen LogP contribution is 2.34. The summed E-state index contributed by atoms with van der Waals surface area (Å²) in [5.74, 6) is 1.64. The second kappa shape index (κ2) is 6.17. The lowest BCUT2D eigenvalue weighted by atomic mass is 9.73. The van der Waals surface area contributed by atoms with Crippen molar-refractivity contribution >= 4 is 5.69 Å². The van der Waals surface area contributed by atoms with Crippen LogP contribution >= 0.6 is 0 Å². The van der Waals surface area contributed by atoms with E-state index in [1.165, 1.54) is 23.2 Å². The molecule has 1 N–H and O–H groups in total. The van der Waals surface area contributed by atoms with E-state index in [9.17, 15) is 5.11 Å². The molecule has 112 valence electrons. The number of aliphatic hydroxyl groups excluding tert-OH is 1. The molecule has 2 rings (SSSR count). The summed E-state index contributed by atoms with van der Waals surface area (Å²) >= 11 is 0. The van der Waals surface area contributed by atoms with Crippen molar-refractivity contribution < 1.29 is 5.11 Å². The summed E-state index contributed by atoms with van der Waals surface area (Å²) in [5.41, 5.74) is 3.87. The molecule has 1 aliphatic carbocycles. The van der Waals surface area contributed by atoms with Crippen molar-refractivity contribution in [3.63, 3.8) is 0 Å². The number of aliphatic hydroxyl groups is 1. The Kier molecular flexibility index (Phi) is 4.74. The maximum Gasteiger partial charge on any atom is 0.0590 e. The molecule has 1 aromatic rings. The van der Waals surface area contributed by atoms with Crippen LogP contribution in [0.25, 0.3) is 0 Å². The van der Waals surface area contributed by atoms with E-state index in [4.69, 9.17) is 0 Å². The number of benzene rings is 1. The Bertz CT molecular complexity index is 424. The average Bonchev–Trinajstić information content (AvgIpc) is 2.32. The molecule has 2 nitrogen and oxygen atoms in total. The average molecular weight is 275 g/mol. The molecule has 0 spiro atoms. The van der Waals surface area contributed by atoms with Gasteiger partial charge in [0.2, 0.25) is 0 Å². The molecule has 2 heteroatoms. The van der Waals surface area contributed by atoms with Crippen LogP contribution in [0.3, 0.4) is 0 Å². The minimum atomic E-state index is -0.151. The zero-order valence-corrected chi connectivity index (χ0v) is 13.6. The molecule has 4 atom stereocenters. The number of hydrogen-bond donors (Lipinski definition) is 1. The smallest absolute Gasteiger partial charge is 0.0590 e. The fourth-order valence-corrected chi connectivity index (χ4v) is 3.77. The van der Waals surface area contributed by atoms with E-state index >= 15 is 0 Å². The first-order valence-corrected chi connectivity index (χ1v) is 7.84. The van der Waals surface area contributed by atoms with Gasteiger partial charge in [0.1, 0.15) is 0 Å². The monoisotopic (exact) mass is 275 g/mol. The topological polar surface area (TPSA) is 23.5 Å². The van der Waals surface area contributed by atoms with Crippen molar-refractivity contribution in [1.82, 2.24) is 0 Å². The lowest BCUT2D eigenvalue weighted by Crippen LogP contribution is -2.41. The van der Waals surface area contributed by atoms with Crippen molar-refractivity contribution in [3.05, 3.63) is 29.3 Å². The van der Waals surface area contributed by atoms with Gasteiger partial charge in [-0.25, -0.2) is 0 Å². The molecule has 1 aliphatic rings. The summed E-state index contributed by atoms with van der Waals surface area (Å²) < 4.78 is 0. The second-order valence-corrected chi connectivity index (χ2v) is 7.01. The highest BCUT2D eigenvalue weighted by atomic mass is 16.3. The van der Waals surface area contributed by atoms with Gasteiger partial charge < -0.3 is 10.0 Å². The van der Waals surface area contributed by atoms with Crippen LogP contribution in [0.2, 0.25) is 0 Å². The van der Waals surface area contributed by atoms with Gasteiger partial charge in [0.15, 0.2) is 0 Å². The molecule has 1 saturated carbocycles. The predicted octanol–water partition coefficient (Wildman–Crippen LogP) is 3.78. The molecule has 20 heavy (non-hydrogen) atoms. The molecule has 0 saturated heterocycles. The number of nitrogens with zero attached hydrogens (tertiary/aromatic N) is 1. The van der Waals surface area contributed by atoms with Gasteiger partial charge in [-0.05, 0) is 61.8 Å². The molecule has 4 unspecified atom stereocenters. The first kappa shape index (κ1) is 15.4. The van der Waals surface area contributed by atoms with Crippen molar-refractivity contribution in [3.8, 4) is 0 Å². The standard InChI is InChI=1S/C18H29NO/c1-12-6-13(2)9-16(8-12)19(5)11-17-15(4)7-14(3)10-18(17)20/h6,8-9,14-15,17-18,20H,7,10-11H2,1-5H3. The summed E-state index contributed by atoms with van der Waals surface area (Å²) in [5, 5.41) is 10.4. The van der Waals surface area contributed by atoms with Crippen molar-refractivity contribution in [2.24, 2.45) is 17.8 Å². The van der Waals surface area contributed by atoms with E-state index in [1.807, 2.05) is 0 Å². The molecule has 0 aromatic heterocycles. The van der Waals surface area contributed by atoms with Crippen LogP contribution in [0.4, 0.5) is 5.69 Å². The molecule has 0 heterocycles. The summed E-state index contributed by atoms with van der Waals surface area (Å²) in [6, 6.07) is 6.67. The quantitative estimate of drug-likeness (QED) is 0.907. The van der Waals surface area contributed by atoms with Gasteiger partial charge in [0.05, 0.1) is 6.10 Å². The van der Waals surface area contributed by atoms with E-state index < -0.39 is 0 Å². The summed E-state index contributed by atoms with van der Waals surface area (Å²) in [6.45, 7) is 9.77. The van der Waals surface area contributed by atoms with Crippen molar-refractivity contribution in [2.75, 3.05) is 18.5 Å². The first-order chi connectivity index (χ1) is 9.36. The van der Waals surface area contributed by atoms with Gasteiger partial charge in [-0.1, -0.05) is 19.9 Å².